The second-order valence-electron chi connectivity index (χ2n) is 7.21. The third kappa shape index (κ3) is 4.98. The SMILES string of the molecule is Cc1ccccc1N=C(NC1CCCCC1)NC1CCCCC1. The van der Waals surface area contributed by atoms with Gasteiger partial charge in [0, 0.05) is 12.1 Å². The Labute approximate surface area is 141 Å². The van der Waals surface area contributed by atoms with Crippen LogP contribution in [-0.2, 0) is 0 Å². The highest BCUT2D eigenvalue weighted by Crippen LogP contribution is 2.21. The van der Waals surface area contributed by atoms with Gasteiger partial charge in [0.1, 0.15) is 0 Å². The summed E-state index contributed by atoms with van der Waals surface area (Å²) in [5.74, 6) is 0.998. The maximum Gasteiger partial charge on any atom is 0.196 e. The molecule has 2 saturated carbocycles. The molecular formula is C20H31N3. The number of nitrogens with zero attached hydrogens (tertiary/aromatic N) is 1. The summed E-state index contributed by atoms with van der Waals surface area (Å²) in [4.78, 5) is 4.94. The molecule has 0 spiro atoms. The van der Waals surface area contributed by atoms with Crippen molar-refractivity contribution in [2.24, 2.45) is 4.99 Å². The minimum Gasteiger partial charge on any atom is -0.353 e. The Hall–Kier alpha value is -1.51. The van der Waals surface area contributed by atoms with Crippen molar-refractivity contribution in [3.8, 4) is 0 Å². The van der Waals surface area contributed by atoms with Crippen LogP contribution < -0.4 is 10.6 Å². The molecule has 0 amide bonds. The molecule has 1 aromatic carbocycles. The Morgan fingerprint density at radius 2 is 1.35 bits per heavy atom. The summed E-state index contributed by atoms with van der Waals surface area (Å²) < 4.78 is 0. The number of guanidine groups is 1. The summed E-state index contributed by atoms with van der Waals surface area (Å²) in [6.07, 6.45) is 13.3. The third-order valence-electron chi connectivity index (χ3n) is 5.24. The fourth-order valence-corrected chi connectivity index (χ4v) is 3.80. The van der Waals surface area contributed by atoms with E-state index in [0.717, 1.165) is 11.6 Å². The molecule has 2 aliphatic carbocycles. The van der Waals surface area contributed by atoms with Crippen molar-refractivity contribution in [3.05, 3.63) is 29.8 Å². The number of rotatable bonds is 3. The maximum atomic E-state index is 4.94. The van der Waals surface area contributed by atoms with E-state index in [9.17, 15) is 0 Å². The van der Waals surface area contributed by atoms with Crippen LogP contribution in [0.5, 0.6) is 0 Å². The highest BCUT2D eigenvalue weighted by atomic mass is 15.2. The molecule has 0 radical (unpaired) electrons. The van der Waals surface area contributed by atoms with Gasteiger partial charge in [0.25, 0.3) is 0 Å². The summed E-state index contributed by atoms with van der Waals surface area (Å²) >= 11 is 0. The molecule has 2 N–H and O–H groups in total. The molecule has 0 saturated heterocycles. The predicted octanol–water partition coefficient (Wildman–Crippen LogP) is 4.83. The minimum absolute atomic E-state index is 0.586. The average Bonchev–Trinajstić information content (AvgIpc) is 2.59. The van der Waals surface area contributed by atoms with Gasteiger partial charge in [-0.05, 0) is 44.2 Å². The van der Waals surface area contributed by atoms with E-state index in [1.165, 1.54) is 69.8 Å². The smallest absolute Gasteiger partial charge is 0.196 e. The first-order valence-corrected chi connectivity index (χ1v) is 9.48. The molecule has 3 nitrogen and oxygen atoms in total. The first-order chi connectivity index (χ1) is 11.3. The van der Waals surface area contributed by atoms with Crippen molar-refractivity contribution in [1.82, 2.24) is 10.6 Å². The summed E-state index contributed by atoms with van der Waals surface area (Å²) in [5, 5.41) is 7.44. The molecule has 23 heavy (non-hydrogen) atoms. The Bertz CT molecular complexity index is 489. The second-order valence-corrected chi connectivity index (χ2v) is 7.21. The van der Waals surface area contributed by atoms with Crippen molar-refractivity contribution in [3.63, 3.8) is 0 Å². The molecular weight excluding hydrogens is 282 g/mol. The lowest BCUT2D eigenvalue weighted by Crippen LogP contribution is -2.48. The summed E-state index contributed by atoms with van der Waals surface area (Å²) in [5.41, 5.74) is 2.31. The zero-order valence-corrected chi connectivity index (χ0v) is 14.5. The van der Waals surface area contributed by atoms with E-state index in [2.05, 4.69) is 41.8 Å². The van der Waals surface area contributed by atoms with E-state index in [1.54, 1.807) is 0 Å². The van der Waals surface area contributed by atoms with Gasteiger partial charge in [-0.2, -0.15) is 0 Å². The van der Waals surface area contributed by atoms with E-state index in [1.807, 2.05) is 0 Å². The van der Waals surface area contributed by atoms with Gasteiger partial charge in [0.2, 0.25) is 0 Å². The predicted molar refractivity (Wildman–Crippen MR) is 98.3 cm³/mol. The van der Waals surface area contributed by atoms with Crippen LogP contribution in [0.4, 0.5) is 5.69 Å². The highest BCUT2D eigenvalue weighted by molar-refractivity contribution is 5.83. The highest BCUT2D eigenvalue weighted by Gasteiger charge is 2.18. The van der Waals surface area contributed by atoms with Crippen LogP contribution in [0, 0.1) is 6.92 Å². The van der Waals surface area contributed by atoms with Gasteiger partial charge in [-0.1, -0.05) is 56.7 Å². The molecule has 2 aliphatic rings. The number of hydrogen-bond acceptors (Lipinski definition) is 1. The van der Waals surface area contributed by atoms with Gasteiger partial charge in [-0.15, -0.1) is 0 Å². The van der Waals surface area contributed by atoms with E-state index in [4.69, 9.17) is 4.99 Å². The van der Waals surface area contributed by atoms with Crippen LogP contribution in [0.1, 0.15) is 69.8 Å². The van der Waals surface area contributed by atoms with Crippen molar-refractivity contribution < 1.29 is 0 Å². The standard InChI is InChI=1S/C20H31N3/c1-16-10-8-9-15-19(16)23-20(21-17-11-4-2-5-12-17)22-18-13-6-3-7-14-18/h8-10,15,17-18H,2-7,11-14H2,1H3,(H2,21,22,23). The fourth-order valence-electron chi connectivity index (χ4n) is 3.80. The van der Waals surface area contributed by atoms with E-state index in [-0.39, 0.29) is 0 Å². The molecule has 0 aliphatic heterocycles. The molecule has 0 atom stereocenters. The van der Waals surface area contributed by atoms with E-state index in [0.29, 0.717) is 12.1 Å². The van der Waals surface area contributed by atoms with Gasteiger partial charge >= 0.3 is 0 Å². The lowest BCUT2D eigenvalue weighted by Gasteiger charge is -2.29. The molecule has 1 aromatic rings. The van der Waals surface area contributed by atoms with Crippen LogP contribution in [0.25, 0.3) is 0 Å². The summed E-state index contributed by atoms with van der Waals surface area (Å²) in [7, 11) is 0. The fraction of sp³-hybridized carbons (Fsp3) is 0.650. The normalized spacial score (nSPS) is 20.0. The molecule has 0 bridgehead atoms. The average molecular weight is 313 g/mol. The Kier molecular flexibility index (Phi) is 5.95. The quantitative estimate of drug-likeness (QED) is 0.619. The number of aliphatic imine (C=N–C) groups is 1. The number of benzene rings is 1. The van der Waals surface area contributed by atoms with E-state index >= 15 is 0 Å². The van der Waals surface area contributed by atoms with Crippen LogP contribution in [0.15, 0.2) is 29.3 Å². The molecule has 0 aromatic heterocycles. The van der Waals surface area contributed by atoms with Crippen LogP contribution in [-0.4, -0.2) is 18.0 Å². The van der Waals surface area contributed by atoms with Crippen molar-refractivity contribution in [2.75, 3.05) is 0 Å². The first kappa shape index (κ1) is 16.4. The Balaban J connectivity index is 1.72. The molecule has 126 valence electrons. The summed E-state index contributed by atoms with van der Waals surface area (Å²) in [6, 6.07) is 9.57. The van der Waals surface area contributed by atoms with Crippen LogP contribution in [0.3, 0.4) is 0 Å². The Morgan fingerprint density at radius 3 is 1.87 bits per heavy atom. The lowest BCUT2D eigenvalue weighted by molar-refractivity contribution is 0.389. The zero-order valence-electron chi connectivity index (χ0n) is 14.5. The van der Waals surface area contributed by atoms with E-state index < -0.39 is 0 Å². The number of hydrogen-bond donors (Lipinski definition) is 2. The number of nitrogens with one attached hydrogen (secondary N) is 2. The van der Waals surface area contributed by atoms with Gasteiger partial charge < -0.3 is 10.6 Å². The van der Waals surface area contributed by atoms with Gasteiger partial charge in [0.15, 0.2) is 5.96 Å². The number of aryl methyl sites for hydroxylation is 1. The monoisotopic (exact) mass is 313 g/mol. The maximum absolute atomic E-state index is 4.94. The molecule has 0 heterocycles. The van der Waals surface area contributed by atoms with Gasteiger partial charge in [-0.3, -0.25) is 0 Å². The second kappa shape index (κ2) is 8.37. The van der Waals surface area contributed by atoms with Crippen molar-refractivity contribution in [1.29, 1.82) is 0 Å². The lowest BCUT2D eigenvalue weighted by atomic mass is 9.95. The molecule has 2 fully saturated rings. The van der Waals surface area contributed by atoms with Gasteiger partial charge in [-0.25, -0.2) is 4.99 Å². The van der Waals surface area contributed by atoms with Crippen LogP contribution in [0.2, 0.25) is 0 Å². The van der Waals surface area contributed by atoms with Crippen molar-refractivity contribution >= 4 is 11.6 Å². The largest absolute Gasteiger partial charge is 0.353 e. The third-order valence-corrected chi connectivity index (χ3v) is 5.24. The van der Waals surface area contributed by atoms with Crippen molar-refractivity contribution in [2.45, 2.75) is 83.2 Å². The zero-order chi connectivity index (χ0) is 15.9. The molecule has 0 unspecified atom stereocenters. The minimum atomic E-state index is 0.586. The molecule has 3 heteroatoms. The van der Waals surface area contributed by atoms with Crippen LogP contribution >= 0.6 is 0 Å². The summed E-state index contributed by atoms with van der Waals surface area (Å²) in [6.45, 7) is 2.14. The topological polar surface area (TPSA) is 36.4 Å². The van der Waals surface area contributed by atoms with Gasteiger partial charge in [0.05, 0.1) is 5.69 Å². The number of para-hydroxylation sites is 1. The first-order valence-electron chi connectivity index (χ1n) is 9.48. The molecule has 3 rings (SSSR count). The Morgan fingerprint density at radius 1 is 0.826 bits per heavy atom.